The largest absolute Gasteiger partial charge is 0.360 e. The molecule has 0 unspecified atom stereocenters. The summed E-state index contributed by atoms with van der Waals surface area (Å²) in [7, 11) is 0. The van der Waals surface area contributed by atoms with Crippen LogP contribution in [0.2, 0.25) is 5.02 Å². The van der Waals surface area contributed by atoms with Crippen molar-refractivity contribution < 1.29 is 4.92 Å². The first kappa shape index (κ1) is 21.4. The van der Waals surface area contributed by atoms with Crippen molar-refractivity contribution in [3.63, 3.8) is 0 Å². The smallest absolute Gasteiger partial charge is 0.269 e. The standard InChI is InChI=1S/C24H23ClN6O2/c25-21-14-27-24(29-23(21)20-13-26-22-7-2-1-6-19(20)22)28-17-8-10-30(11-9-17)15-16-4-3-5-18(12-16)31(32)33/h1-7,12-14,17,26H,8-11,15H2,(H,27,28,29). The summed E-state index contributed by atoms with van der Waals surface area (Å²) in [6, 6.07) is 15.2. The molecule has 1 saturated heterocycles. The lowest BCUT2D eigenvalue weighted by Crippen LogP contribution is -2.39. The Morgan fingerprint density at radius 3 is 2.82 bits per heavy atom. The predicted molar refractivity (Wildman–Crippen MR) is 129 cm³/mol. The monoisotopic (exact) mass is 462 g/mol. The zero-order valence-corrected chi connectivity index (χ0v) is 18.6. The minimum atomic E-state index is -0.351. The van der Waals surface area contributed by atoms with Crippen molar-refractivity contribution >= 4 is 34.1 Å². The Balaban J connectivity index is 1.24. The van der Waals surface area contributed by atoms with Crippen molar-refractivity contribution in [1.82, 2.24) is 19.9 Å². The molecule has 0 aliphatic carbocycles. The van der Waals surface area contributed by atoms with Crippen LogP contribution in [0.3, 0.4) is 0 Å². The Bertz CT molecular complexity index is 1300. The van der Waals surface area contributed by atoms with E-state index < -0.39 is 0 Å². The molecule has 0 amide bonds. The third-order valence-electron chi connectivity index (χ3n) is 6.04. The number of piperidine rings is 1. The molecule has 4 aromatic rings. The molecule has 1 aliphatic rings. The number of nitrogens with zero attached hydrogens (tertiary/aromatic N) is 4. The van der Waals surface area contributed by atoms with E-state index in [0.717, 1.165) is 48.0 Å². The number of non-ortho nitro benzene ring substituents is 1. The van der Waals surface area contributed by atoms with E-state index in [2.05, 4.69) is 20.2 Å². The number of halogens is 1. The average molecular weight is 463 g/mol. The zero-order valence-electron chi connectivity index (χ0n) is 17.9. The van der Waals surface area contributed by atoms with Gasteiger partial charge >= 0.3 is 0 Å². The molecule has 33 heavy (non-hydrogen) atoms. The maximum atomic E-state index is 11.0. The maximum Gasteiger partial charge on any atom is 0.269 e. The third-order valence-corrected chi connectivity index (χ3v) is 6.31. The van der Waals surface area contributed by atoms with Crippen LogP contribution in [0.1, 0.15) is 18.4 Å². The van der Waals surface area contributed by atoms with Crippen LogP contribution in [0.4, 0.5) is 11.6 Å². The Hall–Kier alpha value is -3.49. The van der Waals surface area contributed by atoms with Gasteiger partial charge in [-0.1, -0.05) is 41.9 Å². The molecule has 0 saturated carbocycles. The van der Waals surface area contributed by atoms with E-state index >= 15 is 0 Å². The van der Waals surface area contributed by atoms with Gasteiger partial charge in [0.15, 0.2) is 0 Å². The Kier molecular flexibility index (Phi) is 5.93. The molecule has 2 N–H and O–H groups in total. The molecule has 1 fully saturated rings. The van der Waals surface area contributed by atoms with E-state index in [9.17, 15) is 10.1 Å². The highest BCUT2D eigenvalue weighted by atomic mass is 35.5. The number of hydrogen-bond donors (Lipinski definition) is 2. The van der Waals surface area contributed by atoms with E-state index in [1.807, 2.05) is 36.5 Å². The summed E-state index contributed by atoms with van der Waals surface area (Å²) < 4.78 is 0. The van der Waals surface area contributed by atoms with Gasteiger partial charge < -0.3 is 10.3 Å². The molecule has 9 heteroatoms. The van der Waals surface area contributed by atoms with Gasteiger partial charge in [-0.2, -0.15) is 0 Å². The van der Waals surface area contributed by atoms with Crippen LogP contribution in [-0.2, 0) is 6.54 Å². The summed E-state index contributed by atoms with van der Waals surface area (Å²) in [5, 5.41) is 16.0. The lowest BCUT2D eigenvalue weighted by Gasteiger charge is -2.32. The van der Waals surface area contributed by atoms with Crippen molar-refractivity contribution in [3.05, 3.63) is 81.6 Å². The lowest BCUT2D eigenvalue weighted by atomic mass is 10.0. The van der Waals surface area contributed by atoms with Crippen LogP contribution in [0, 0.1) is 10.1 Å². The number of likely N-dealkylation sites (tertiary alicyclic amines) is 1. The molecule has 0 atom stereocenters. The summed E-state index contributed by atoms with van der Waals surface area (Å²) in [6.45, 7) is 2.49. The number of fused-ring (bicyclic) bond motifs is 1. The van der Waals surface area contributed by atoms with E-state index in [-0.39, 0.29) is 16.7 Å². The number of aromatic amines is 1. The minimum absolute atomic E-state index is 0.134. The van der Waals surface area contributed by atoms with Gasteiger partial charge in [-0.25, -0.2) is 9.97 Å². The normalized spacial score (nSPS) is 15.1. The van der Waals surface area contributed by atoms with Crippen LogP contribution in [-0.4, -0.2) is 43.9 Å². The number of nitrogens with one attached hydrogen (secondary N) is 2. The first-order valence-electron chi connectivity index (χ1n) is 10.9. The second-order valence-corrected chi connectivity index (χ2v) is 8.67. The fraction of sp³-hybridized carbons (Fsp3) is 0.250. The molecule has 168 valence electrons. The second-order valence-electron chi connectivity index (χ2n) is 8.26. The Labute approximate surface area is 195 Å². The number of rotatable bonds is 6. The van der Waals surface area contributed by atoms with Crippen LogP contribution < -0.4 is 5.32 Å². The first-order chi connectivity index (χ1) is 16.1. The summed E-state index contributed by atoms with van der Waals surface area (Å²) in [5.41, 5.74) is 3.78. The van der Waals surface area contributed by atoms with Crippen LogP contribution >= 0.6 is 11.6 Å². The van der Waals surface area contributed by atoms with E-state index in [4.69, 9.17) is 16.6 Å². The second kappa shape index (κ2) is 9.17. The van der Waals surface area contributed by atoms with Crippen molar-refractivity contribution in [2.45, 2.75) is 25.4 Å². The maximum absolute atomic E-state index is 11.0. The molecular weight excluding hydrogens is 440 g/mol. The number of nitro groups is 1. The van der Waals surface area contributed by atoms with Gasteiger partial charge in [-0.15, -0.1) is 0 Å². The minimum Gasteiger partial charge on any atom is -0.360 e. The fourth-order valence-corrected chi connectivity index (χ4v) is 4.53. The molecule has 5 rings (SSSR count). The number of aromatic nitrogens is 3. The predicted octanol–water partition coefficient (Wildman–Crippen LogP) is 5.26. The van der Waals surface area contributed by atoms with Crippen LogP contribution in [0.25, 0.3) is 22.2 Å². The van der Waals surface area contributed by atoms with Crippen molar-refractivity contribution in [2.75, 3.05) is 18.4 Å². The molecule has 8 nitrogen and oxygen atoms in total. The topological polar surface area (TPSA) is 100.0 Å². The highest BCUT2D eigenvalue weighted by molar-refractivity contribution is 6.33. The van der Waals surface area contributed by atoms with Crippen molar-refractivity contribution in [2.24, 2.45) is 0 Å². The van der Waals surface area contributed by atoms with Gasteiger partial charge in [0.25, 0.3) is 5.69 Å². The summed E-state index contributed by atoms with van der Waals surface area (Å²) in [5.74, 6) is 0.566. The van der Waals surface area contributed by atoms with E-state index in [1.165, 1.54) is 6.07 Å². The van der Waals surface area contributed by atoms with Crippen molar-refractivity contribution in [3.8, 4) is 11.3 Å². The SMILES string of the molecule is O=[N+]([O-])c1cccc(CN2CCC(Nc3ncc(Cl)c(-c4c[nH]c5ccccc45)n3)CC2)c1. The molecular formula is C24H23ClN6O2. The first-order valence-corrected chi connectivity index (χ1v) is 11.3. The number of benzene rings is 2. The molecule has 0 radical (unpaired) electrons. The summed E-state index contributed by atoms with van der Waals surface area (Å²) in [4.78, 5) is 25.4. The highest BCUT2D eigenvalue weighted by Gasteiger charge is 2.21. The highest BCUT2D eigenvalue weighted by Crippen LogP contribution is 2.32. The average Bonchev–Trinajstić information content (AvgIpc) is 3.26. The Morgan fingerprint density at radius 2 is 2.00 bits per heavy atom. The number of nitro benzene ring substituents is 1. The third kappa shape index (κ3) is 4.67. The van der Waals surface area contributed by atoms with Gasteiger partial charge in [-0.3, -0.25) is 15.0 Å². The van der Waals surface area contributed by atoms with E-state index in [0.29, 0.717) is 23.2 Å². The Morgan fingerprint density at radius 1 is 1.18 bits per heavy atom. The summed E-state index contributed by atoms with van der Waals surface area (Å²) in [6.07, 6.45) is 5.44. The zero-order chi connectivity index (χ0) is 22.8. The number of H-pyrrole nitrogens is 1. The van der Waals surface area contributed by atoms with Gasteiger partial charge in [0.1, 0.15) is 0 Å². The number of hydrogen-bond acceptors (Lipinski definition) is 6. The molecule has 1 aliphatic heterocycles. The lowest BCUT2D eigenvalue weighted by molar-refractivity contribution is -0.384. The van der Waals surface area contributed by atoms with Gasteiger partial charge in [0, 0.05) is 60.5 Å². The van der Waals surface area contributed by atoms with Crippen molar-refractivity contribution in [1.29, 1.82) is 0 Å². The molecule has 2 aromatic heterocycles. The van der Waals surface area contributed by atoms with Gasteiger partial charge in [0.05, 0.1) is 21.8 Å². The number of para-hydroxylation sites is 1. The van der Waals surface area contributed by atoms with Crippen LogP contribution in [0.5, 0.6) is 0 Å². The van der Waals surface area contributed by atoms with E-state index in [1.54, 1.807) is 18.3 Å². The molecule has 0 bridgehead atoms. The van der Waals surface area contributed by atoms with Gasteiger partial charge in [-0.05, 0) is 24.5 Å². The molecule has 3 heterocycles. The molecule has 2 aromatic carbocycles. The number of anilines is 1. The van der Waals surface area contributed by atoms with Gasteiger partial charge in [0.2, 0.25) is 5.95 Å². The molecule has 0 spiro atoms. The summed E-state index contributed by atoms with van der Waals surface area (Å²) >= 11 is 6.44. The fourth-order valence-electron chi connectivity index (χ4n) is 4.34. The quantitative estimate of drug-likeness (QED) is 0.299. The van der Waals surface area contributed by atoms with Crippen LogP contribution in [0.15, 0.2) is 60.9 Å².